The minimum Gasteiger partial charge on any atom is -0.0876 e. The molecule has 1 radical (unpaired) electrons. The first-order valence-electron chi connectivity index (χ1n) is 4.52. The first-order chi connectivity index (χ1) is 6.90. The summed E-state index contributed by atoms with van der Waals surface area (Å²) in [5, 5.41) is 0.909. The highest BCUT2D eigenvalue weighted by molar-refractivity contribution is 9.08. The number of benzene rings is 2. The Morgan fingerprint density at radius 3 is 2.36 bits per heavy atom. The Morgan fingerprint density at radius 1 is 1.00 bits per heavy atom. The fourth-order valence-electron chi connectivity index (χ4n) is 1.35. The second-order valence-corrected chi connectivity index (χ2v) is 3.67. The second-order valence-electron chi connectivity index (χ2n) is 3.11. The quantitative estimate of drug-likeness (QED) is 0.701. The van der Waals surface area contributed by atoms with E-state index in [1.54, 1.807) is 0 Å². The molecule has 2 aromatic carbocycles. The van der Waals surface area contributed by atoms with E-state index >= 15 is 0 Å². The zero-order chi connectivity index (χ0) is 9.80. The number of hydrogen-bond donors (Lipinski definition) is 0. The van der Waals surface area contributed by atoms with Crippen molar-refractivity contribution in [3.05, 3.63) is 60.2 Å². The molecule has 69 valence electrons. The van der Waals surface area contributed by atoms with Gasteiger partial charge in [-0.05, 0) is 22.8 Å². The lowest BCUT2D eigenvalue weighted by atomic mass is 10.0. The first kappa shape index (κ1) is 9.47. The Bertz CT molecular complexity index is 389. The fourth-order valence-corrected chi connectivity index (χ4v) is 1.72. The number of rotatable bonds is 2. The van der Waals surface area contributed by atoms with Crippen molar-refractivity contribution < 1.29 is 0 Å². The Hall–Kier alpha value is -1.08. The molecule has 0 aliphatic heterocycles. The summed E-state index contributed by atoms with van der Waals surface area (Å²) in [7, 11) is 0. The van der Waals surface area contributed by atoms with Crippen molar-refractivity contribution in [2.75, 3.05) is 0 Å². The molecule has 0 aliphatic rings. The van der Waals surface area contributed by atoms with Crippen LogP contribution >= 0.6 is 15.9 Å². The van der Waals surface area contributed by atoms with Crippen molar-refractivity contribution >= 4 is 15.9 Å². The van der Waals surface area contributed by atoms with E-state index in [2.05, 4.69) is 52.3 Å². The molecule has 0 nitrogen and oxygen atoms in total. The van der Waals surface area contributed by atoms with E-state index in [1.807, 2.05) is 18.2 Å². The van der Waals surface area contributed by atoms with Crippen LogP contribution in [0.3, 0.4) is 0 Å². The fraction of sp³-hybridized carbons (Fsp3) is 0.0769. The molecule has 0 saturated carbocycles. The average Bonchev–Trinajstić information content (AvgIpc) is 2.30. The van der Waals surface area contributed by atoms with Gasteiger partial charge >= 0.3 is 0 Å². The molecule has 0 fully saturated rings. The molecular formula is C13H10Br. The summed E-state index contributed by atoms with van der Waals surface area (Å²) < 4.78 is 0. The SMILES string of the molecule is BrCc1ccc(-c2[c]cccc2)cc1. The Labute approximate surface area is 92.7 Å². The highest BCUT2D eigenvalue weighted by Gasteiger charge is 1.96. The maximum atomic E-state index is 3.43. The Kier molecular flexibility index (Phi) is 3.00. The maximum Gasteiger partial charge on any atom is 0.0283 e. The smallest absolute Gasteiger partial charge is 0.0283 e. The van der Waals surface area contributed by atoms with Crippen molar-refractivity contribution in [1.82, 2.24) is 0 Å². The summed E-state index contributed by atoms with van der Waals surface area (Å²) in [4.78, 5) is 0. The maximum absolute atomic E-state index is 3.43. The summed E-state index contributed by atoms with van der Waals surface area (Å²) in [6, 6.07) is 19.8. The van der Waals surface area contributed by atoms with Gasteiger partial charge in [-0.25, -0.2) is 0 Å². The molecule has 0 N–H and O–H groups in total. The van der Waals surface area contributed by atoms with Gasteiger partial charge in [0, 0.05) is 5.33 Å². The van der Waals surface area contributed by atoms with E-state index in [0.717, 1.165) is 10.9 Å². The predicted molar refractivity (Wildman–Crippen MR) is 63.3 cm³/mol. The van der Waals surface area contributed by atoms with E-state index < -0.39 is 0 Å². The second kappa shape index (κ2) is 4.43. The Balaban J connectivity index is 2.34. The van der Waals surface area contributed by atoms with Crippen molar-refractivity contribution in [3.8, 4) is 11.1 Å². The molecule has 0 bridgehead atoms. The molecule has 0 unspecified atom stereocenters. The summed E-state index contributed by atoms with van der Waals surface area (Å²) in [6.45, 7) is 0. The first-order valence-corrected chi connectivity index (χ1v) is 5.64. The van der Waals surface area contributed by atoms with Gasteiger partial charge in [0.05, 0.1) is 0 Å². The van der Waals surface area contributed by atoms with Crippen LogP contribution in [0.1, 0.15) is 5.56 Å². The van der Waals surface area contributed by atoms with Crippen LogP contribution < -0.4 is 0 Å². The number of halogens is 1. The monoisotopic (exact) mass is 245 g/mol. The largest absolute Gasteiger partial charge is 0.0876 e. The van der Waals surface area contributed by atoms with E-state index in [-0.39, 0.29) is 0 Å². The Morgan fingerprint density at radius 2 is 1.79 bits per heavy atom. The van der Waals surface area contributed by atoms with Crippen LogP contribution in [0, 0.1) is 6.07 Å². The summed E-state index contributed by atoms with van der Waals surface area (Å²) in [6.07, 6.45) is 0. The van der Waals surface area contributed by atoms with Crippen LogP contribution in [0.15, 0.2) is 48.5 Å². The highest BCUT2D eigenvalue weighted by atomic mass is 79.9. The minimum atomic E-state index is 0.909. The van der Waals surface area contributed by atoms with Crippen LogP contribution in [-0.2, 0) is 5.33 Å². The molecule has 0 aromatic heterocycles. The van der Waals surface area contributed by atoms with E-state index in [0.29, 0.717) is 0 Å². The molecule has 0 saturated heterocycles. The van der Waals surface area contributed by atoms with Crippen molar-refractivity contribution in [2.24, 2.45) is 0 Å². The zero-order valence-corrected chi connectivity index (χ0v) is 9.29. The van der Waals surface area contributed by atoms with Crippen LogP contribution in [0.25, 0.3) is 11.1 Å². The van der Waals surface area contributed by atoms with Crippen LogP contribution in [0.2, 0.25) is 0 Å². The van der Waals surface area contributed by atoms with Gasteiger partial charge < -0.3 is 0 Å². The van der Waals surface area contributed by atoms with Gasteiger partial charge in [-0.3, -0.25) is 0 Å². The van der Waals surface area contributed by atoms with Gasteiger partial charge in [0.15, 0.2) is 0 Å². The lowest BCUT2D eigenvalue weighted by Gasteiger charge is -2.01. The molecule has 1 heteroatoms. The lowest BCUT2D eigenvalue weighted by Crippen LogP contribution is -1.79. The highest BCUT2D eigenvalue weighted by Crippen LogP contribution is 2.19. The molecule has 0 aliphatic carbocycles. The van der Waals surface area contributed by atoms with Gasteiger partial charge in [0.2, 0.25) is 0 Å². The molecule has 0 spiro atoms. The van der Waals surface area contributed by atoms with Gasteiger partial charge in [-0.15, -0.1) is 0 Å². The summed E-state index contributed by atoms with van der Waals surface area (Å²) in [5.74, 6) is 0. The molecule has 0 atom stereocenters. The van der Waals surface area contributed by atoms with Gasteiger partial charge in [0.25, 0.3) is 0 Å². The summed E-state index contributed by atoms with van der Waals surface area (Å²) >= 11 is 3.43. The van der Waals surface area contributed by atoms with Crippen molar-refractivity contribution in [1.29, 1.82) is 0 Å². The predicted octanol–water partition coefficient (Wildman–Crippen LogP) is 4.05. The van der Waals surface area contributed by atoms with Gasteiger partial charge in [0.1, 0.15) is 0 Å². The van der Waals surface area contributed by atoms with Gasteiger partial charge in [-0.2, -0.15) is 0 Å². The third kappa shape index (κ3) is 2.05. The van der Waals surface area contributed by atoms with Crippen molar-refractivity contribution in [3.63, 3.8) is 0 Å². The average molecular weight is 246 g/mol. The third-order valence-electron chi connectivity index (χ3n) is 2.13. The molecule has 0 amide bonds. The van der Waals surface area contributed by atoms with E-state index in [4.69, 9.17) is 0 Å². The molecule has 14 heavy (non-hydrogen) atoms. The van der Waals surface area contributed by atoms with E-state index in [9.17, 15) is 0 Å². The van der Waals surface area contributed by atoms with Gasteiger partial charge in [-0.1, -0.05) is 64.5 Å². The van der Waals surface area contributed by atoms with E-state index in [1.165, 1.54) is 11.1 Å². The normalized spacial score (nSPS) is 10.1. The van der Waals surface area contributed by atoms with Crippen LogP contribution in [0.4, 0.5) is 0 Å². The number of alkyl halides is 1. The molecule has 2 rings (SSSR count). The zero-order valence-electron chi connectivity index (χ0n) is 7.70. The molecular weight excluding hydrogens is 236 g/mol. The summed E-state index contributed by atoms with van der Waals surface area (Å²) in [5.41, 5.74) is 3.66. The lowest BCUT2D eigenvalue weighted by molar-refractivity contribution is 1.43. The van der Waals surface area contributed by atoms with Crippen molar-refractivity contribution in [2.45, 2.75) is 5.33 Å². The topological polar surface area (TPSA) is 0 Å². The van der Waals surface area contributed by atoms with Crippen LogP contribution in [0.5, 0.6) is 0 Å². The molecule has 2 aromatic rings. The molecule has 0 heterocycles. The standard InChI is InChI=1S/C13H10Br/c14-10-11-6-8-13(9-7-11)12-4-2-1-3-5-12/h1-4,6-9H,10H2. The number of hydrogen-bond acceptors (Lipinski definition) is 0. The minimum absolute atomic E-state index is 0.909. The third-order valence-corrected chi connectivity index (χ3v) is 2.78. The van der Waals surface area contributed by atoms with Crippen LogP contribution in [-0.4, -0.2) is 0 Å².